The zero-order valence-electron chi connectivity index (χ0n) is 18.5. The molecule has 0 unspecified atom stereocenters. The van der Waals surface area contributed by atoms with Crippen molar-refractivity contribution in [3.63, 3.8) is 0 Å². The number of benzene rings is 3. The Kier molecular flexibility index (Phi) is 7.81. The van der Waals surface area contributed by atoms with Crippen LogP contribution in [0.4, 0.5) is 11.4 Å². The number of nitro benzene ring substituents is 1. The molecule has 0 aliphatic heterocycles. The Balaban J connectivity index is 1.80. The largest absolute Gasteiger partial charge is 0.495 e. The molecule has 0 spiro atoms. The van der Waals surface area contributed by atoms with Crippen LogP contribution in [0.3, 0.4) is 0 Å². The lowest BCUT2D eigenvalue weighted by atomic mass is 10.1. The van der Waals surface area contributed by atoms with Crippen LogP contribution < -0.4 is 19.5 Å². The molecule has 0 radical (unpaired) electrons. The minimum Gasteiger partial charge on any atom is -0.495 e. The van der Waals surface area contributed by atoms with Gasteiger partial charge in [-0.15, -0.1) is 0 Å². The van der Waals surface area contributed by atoms with Gasteiger partial charge in [0.05, 0.1) is 24.8 Å². The number of rotatable bonds is 9. The van der Waals surface area contributed by atoms with Crippen molar-refractivity contribution in [3.8, 4) is 23.3 Å². The molecule has 9 heteroatoms. The lowest BCUT2D eigenvalue weighted by Crippen LogP contribution is -2.14. The highest BCUT2D eigenvalue weighted by Crippen LogP contribution is 2.31. The fraction of sp³-hybridized carbons (Fsp3) is 0.120. The smallest absolute Gasteiger partial charge is 0.271 e. The predicted molar refractivity (Wildman–Crippen MR) is 126 cm³/mol. The zero-order valence-corrected chi connectivity index (χ0v) is 18.5. The highest BCUT2D eigenvalue weighted by atomic mass is 16.6. The monoisotopic (exact) mass is 459 g/mol. The minimum absolute atomic E-state index is 0.0742. The number of nitrogens with zero attached hydrogens (tertiary/aromatic N) is 2. The zero-order chi connectivity index (χ0) is 24.5. The second-order valence-electron chi connectivity index (χ2n) is 6.95. The predicted octanol–water partition coefficient (Wildman–Crippen LogP) is 4.74. The third-order valence-electron chi connectivity index (χ3n) is 4.74. The lowest BCUT2D eigenvalue weighted by Gasteiger charge is -2.12. The number of nitriles is 1. The summed E-state index contributed by atoms with van der Waals surface area (Å²) in [7, 11) is 2.86. The second-order valence-corrected chi connectivity index (χ2v) is 6.95. The Morgan fingerprint density at radius 1 is 1.03 bits per heavy atom. The van der Waals surface area contributed by atoms with Crippen LogP contribution in [0.25, 0.3) is 6.08 Å². The number of nitrogens with one attached hydrogen (secondary N) is 1. The first kappa shape index (κ1) is 23.8. The average molecular weight is 459 g/mol. The van der Waals surface area contributed by atoms with E-state index in [4.69, 9.17) is 14.2 Å². The van der Waals surface area contributed by atoms with Crippen LogP contribution in [-0.4, -0.2) is 25.1 Å². The molecule has 0 saturated heterocycles. The maximum atomic E-state index is 12.7. The molecule has 3 rings (SSSR count). The molecule has 0 atom stereocenters. The van der Waals surface area contributed by atoms with Crippen molar-refractivity contribution in [3.05, 3.63) is 93.5 Å². The van der Waals surface area contributed by atoms with Crippen LogP contribution in [0, 0.1) is 21.4 Å². The molecule has 0 bridgehead atoms. The van der Waals surface area contributed by atoms with Gasteiger partial charge in [-0.25, -0.2) is 0 Å². The topological polar surface area (TPSA) is 124 Å². The van der Waals surface area contributed by atoms with Crippen molar-refractivity contribution in [2.24, 2.45) is 0 Å². The number of carbonyl (C=O) groups is 1. The minimum atomic E-state index is -0.746. The van der Waals surface area contributed by atoms with Gasteiger partial charge in [-0.1, -0.05) is 36.4 Å². The number of amides is 1. The summed E-state index contributed by atoms with van der Waals surface area (Å²) in [5, 5.41) is 23.1. The van der Waals surface area contributed by atoms with E-state index in [1.807, 2.05) is 36.4 Å². The van der Waals surface area contributed by atoms with Crippen LogP contribution in [0.15, 0.2) is 72.3 Å². The van der Waals surface area contributed by atoms with Gasteiger partial charge in [0.15, 0.2) is 11.5 Å². The van der Waals surface area contributed by atoms with E-state index < -0.39 is 10.8 Å². The van der Waals surface area contributed by atoms with Crippen molar-refractivity contribution in [1.29, 1.82) is 5.26 Å². The molecule has 0 heterocycles. The van der Waals surface area contributed by atoms with E-state index in [1.165, 1.54) is 32.4 Å². The summed E-state index contributed by atoms with van der Waals surface area (Å²) in [6.07, 6.45) is 1.38. The van der Waals surface area contributed by atoms with E-state index in [1.54, 1.807) is 18.2 Å². The first-order valence-electron chi connectivity index (χ1n) is 10.1. The van der Waals surface area contributed by atoms with Crippen LogP contribution in [-0.2, 0) is 11.4 Å². The van der Waals surface area contributed by atoms with Gasteiger partial charge in [0.2, 0.25) is 0 Å². The number of nitro groups is 1. The van der Waals surface area contributed by atoms with Crippen LogP contribution in [0.5, 0.6) is 17.2 Å². The highest BCUT2D eigenvalue weighted by molar-refractivity contribution is 6.10. The number of anilines is 1. The van der Waals surface area contributed by atoms with Crippen molar-refractivity contribution < 1.29 is 23.9 Å². The Hall–Kier alpha value is -4.84. The molecule has 1 amide bonds. The normalized spacial score (nSPS) is 10.7. The molecule has 172 valence electrons. The molecule has 1 N–H and O–H groups in total. The van der Waals surface area contributed by atoms with E-state index in [2.05, 4.69) is 5.32 Å². The van der Waals surface area contributed by atoms with Crippen LogP contribution in [0.1, 0.15) is 11.1 Å². The first-order chi connectivity index (χ1) is 16.4. The summed E-state index contributed by atoms with van der Waals surface area (Å²) in [4.78, 5) is 23.2. The standard InChI is InChI=1S/C25H21N3O6/c1-32-22-11-9-20(28(30)31)14-21(22)27-25(29)19(15-26)12-18-8-10-23(24(13-18)33-2)34-16-17-6-4-3-5-7-17/h3-14H,16H2,1-2H3,(H,27,29)/b19-12+. The number of methoxy groups -OCH3 is 2. The number of hydrogen-bond acceptors (Lipinski definition) is 7. The molecule has 34 heavy (non-hydrogen) atoms. The summed E-state index contributed by atoms with van der Waals surface area (Å²) >= 11 is 0. The van der Waals surface area contributed by atoms with Gasteiger partial charge in [-0.2, -0.15) is 5.26 Å². The van der Waals surface area contributed by atoms with E-state index in [0.29, 0.717) is 23.7 Å². The summed E-state index contributed by atoms with van der Waals surface area (Å²) in [6, 6.07) is 20.3. The maximum absolute atomic E-state index is 12.7. The Labute approximate surface area is 196 Å². The van der Waals surface area contributed by atoms with E-state index in [9.17, 15) is 20.2 Å². The van der Waals surface area contributed by atoms with Crippen LogP contribution in [0.2, 0.25) is 0 Å². The molecule has 9 nitrogen and oxygen atoms in total. The molecular weight excluding hydrogens is 438 g/mol. The molecule has 3 aromatic rings. The summed E-state index contributed by atoms with van der Waals surface area (Å²) in [6.45, 7) is 0.350. The SMILES string of the molecule is COc1ccc([N+](=O)[O-])cc1NC(=O)/C(C#N)=C/c1ccc(OCc2ccccc2)c(OC)c1. The van der Waals surface area contributed by atoms with Crippen molar-refractivity contribution in [1.82, 2.24) is 0 Å². The van der Waals surface area contributed by atoms with Crippen LogP contribution >= 0.6 is 0 Å². The summed E-state index contributed by atoms with van der Waals surface area (Å²) in [5.74, 6) is 0.415. The Morgan fingerprint density at radius 3 is 2.38 bits per heavy atom. The highest BCUT2D eigenvalue weighted by Gasteiger charge is 2.16. The van der Waals surface area contributed by atoms with Crippen molar-refractivity contribution in [2.45, 2.75) is 6.61 Å². The van der Waals surface area contributed by atoms with Gasteiger partial charge in [0.1, 0.15) is 24.0 Å². The third-order valence-corrected chi connectivity index (χ3v) is 4.74. The molecule has 3 aromatic carbocycles. The number of non-ortho nitro benzene ring substituents is 1. The van der Waals surface area contributed by atoms with Gasteiger partial charge >= 0.3 is 0 Å². The van der Waals surface area contributed by atoms with Crippen molar-refractivity contribution >= 4 is 23.4 Å². The van der Waals surface area contributed by atoms with E-state index in [0.717, 1.165) is 11.6 Å². The van der Waals surface area contributed by atoms with Gasteiger partial charge < -0.3 is 19.5 Å². The van der Waals surface area contributed by atoms with Gasteiger partial charge in [0, 0.05) is 12.1 Å². The lowest BCUT2D eigenvalue weighted by molar-refractivity contribution is -0.384. The Bertz CT molecular complexity index is 1270. The van der Waals surface area contributed by atoms with Gasteiger partial charge in [-0.3, -0.25) is 14.9 Å². The second kappa shape index (κ2) is 11.2. The van der Waals surface area contributed by atoms with E-state index in [-0.39, 0.29) is 22.7 Å². The first-order valence-corrected chi connectivity index (χ1v) is 10.1. The fourth-order valence-electron chi connectivity index (χ4n) is 3.04. The fourth-order valence-corrected chi connectivity index (χ4v) is 3.04. The molecular formula is C25H21N3O6. The summed E-state index contributed by atoms with van der Waals surface area (Å²) in [5.41, 5.74) is 1.16. The van der Waals surface area contributed by atoms with Gasteiger partial charge in [0.25, 0.3) is 11.6 Å². The maximum Gasteiger partial charge on any atom is 0.271 e. The third kappa shape index (κ3) is 5.89. The average Bonchev–Trinajstić information content (AvgIpc) is 2.86. The Morgan fingerprint density at radius 2 is 1.74 bits per heavy atom. The summed E-state index contributed by atoms with van der Waals surface area (Å²) < 4.78 is 16.4. The quantitative estimate of drug-likeness (QED) is 0.212. The van der Waals surface area contributed by atoms with Crippen molar-refractivity contribution in [2.75, 3.05) is 19.5 Å². The molecule has 0 aliphatic carbocycles. The number of hydrogen-bond donors (Lipinski definition) is 1. The van der Waals surface area contributed by atoms with Gasteiger partial charge in [-0.05, 0) is 35.4 Å². The molecule has 0 aliphatic rings. The van der Waals surface area contributed by atoms with E-state index >= 15 is 0 Å². The molecule has 0 saturated carbocycles. The molecule has 0 fully saturated rings. The number of carbonyl (C=O) groups excluding carboxylic acids is 1. The molecule has 0 aromatic heterocycles. The number of ether oxygens (including phenoxy) is 3.